The molecule has 0 radical (unpaired) electrons. The summed E-state index contributed by atoms with van der Waals surface area (Å²) in [7, 11) is 3.38. The average Bonchev–Trinajstić information content (AvgIpc) is 3.24. The highest BCUT2D eigenvalue weighted by Crippen LogP contribution is 2.34. The molecule has 0 bridgehead atoms. The number of carbonyl (C=O) groups excluding carboxylic acids is 1. The summed E-state index contributed by atoms with van der Waals surface area (Å²) >= 11 is 6.49. The van der Waals surface area contributed by atoms with Crippen molar-refractivity contribution >= 4 is 34.2 Å². The number of hydrogen-bond acceptors (Lipinski definition) is 7. The van der Waals surface area contributed by atoms with Crippen molar-refractivity contribution in [2.75, 3.05) is 18.9 Å². The minimum atomic E-state index is -0.120. The molecule has 1 aromatic carbocycles. The number of halogens is 1. The summed E-state index contributed by atoms with van der Waals surface area (Å²) in [6.07, 6.45) is 3.71. The van der Waals surface area contributed by atoms with Crippen molar-refractivity contribution in [3.8, 4) is 28.7 Å². The number of fused-ring (bicyclic) bond motifs is 1. The number of amides is 1. The molecule has 10 heteroatoms. The zero-order chi connectivity index (χ0) is 22.7. The molecular weight excluding hydrogens is 428 g/mol. The standard InChI is InChI=1S/C22H19ClN8O/c1-25-18(32)5-8-27-22-17(12-24)28-20(21(29-22)16-6-9-31(2)30-16)14-10-13-4-3-7-26-19(13)15(23)11-14/h3-4,6-7,9-11H,5,8H2,1-2H3,(H,25,32)(H,27,29). The fourth-order valence-electron chi connectivity index (χ4n) is 3.26. The Morgan fingerprint density at radius 3 is 2.81 bits per heavy atom. The van der Waals surface area contributed by atoms with Crippen LogP contribution in [0.1, 0.15) is 12.1 Å². The van der Waals surface area contributed by atoms with Crippen LogP contribution in [-0.4, -0.2) is 44.2 Å². The van der Waals surface area contributed by atoms with E-state index >= 15 is 0 Å². The second kappa shape index (κ2) is 8.99. The highest BCUT2D eigenvalue weighted by molar-refractivity contribution is 6.35. The van der Waals surface area contributed by atoms with Crippen molar-refractivity contribution in [3.05, 3.63) is 53.4 Å². The van der Waals surface area contributed by atoms with Crippen molar-refractivity contribution in [1.82, 2.24) is 30.0 Å². The number of aromatic nitrogens is 5. The van der Waals surface area contributed by atoms with Crippen LogP contribution in [0, 0.1) is 11.3 Å². The molecule has 0 aliphatic heterocycles. The van der Waals surface area contributed by atoms with Gasteiger partial charge in [0.1, 0.15) is 23.2 Å². The summed E-state index contributed by atoms with van der Waals surface area (Å²) in [5.74, 6) is 0.166. The zero-order valence-corrected chi connectivity index (χ0v) is 18.2. The number of nitrogens with one attached hydrogen (secondary N) is 2. The number of nitriles is 1. The van der Waals surface area contributed by atoms with Crippen LogP contribution >= 0.6 is 11.6 Å². The van der Waals surface area contributed by atoms with Crippen molar-refractivity contribution < 1.29 is 4.79 Å². The summed E-state index contributed by atoms with van der Waals surface area (Å²) in [6.45, 7) is 0.303. The largest absolute Gasteiger partial charge is 0.367 e. The van der Waals surface area contributed by atoms with Crippen molar-refractivity contribution in [2.24, 2.45) is 7.05 Å². The third-order valence-corrected chi connectivity index (χ3v) is 5.10. The van der Waals surface area contributed by atoms with Crippen LogP contribution in [0.4, 0.5) is 5.82 Å². The molecule has 4 aromatic rings. The first-order chi connectivity index (χ1) is 15.5. The molecule has 32 heavy (non-hydrogen) atoms. The van der Waals surface area contributed by atoms with Gasteiger partial charge >= 0.3 is 0 Å². The van der Waals surface area contributed by atoms with Gasteiger partial charge in [0.05, 0.1) is 10.5 Å². The van der Waals surface area contributed by atoms with Gasteiger partial charge in [-0.2, -0.15) is 10.4 Å². The number of benzene rings is 1. The van der Waals surface area contributed by atoms with E-state index in [2.05, 4.69) is 36.8 Å². The van der Waals surface area contributed by atoms with Gasteiger partial charge in [0, 0.05) is 50.4 Å². The third-order valence-electron chi connectivity index (χ3n) is 4.81. The van der Waals surface area contributed by atoms with Gasteiger partial charge in [-0.25, -0.2) is 9.97 Å². The summed E-state index contributed by atoms with van der Waals surface area (Å²) in [6, 6.07) is 11.3. The van der Waals surface area contributed by atoms with Gasteiger partial charge in [0.2, 0.25) is 5.91 Å². The predicted molar refractivity (Wildman–Crippen MR) is 122 cm³/mol. The molecule has 0 spiro atoms. The minimum Gasteiger partial charge on any atom is -0.367 e. The highest BCUT2D eigenvalue weighted by atomic mass is 35.5. The molecule has 9 nitrogen and oxygen atoms in total. The number of carbonyl (C=O) groups is 1. The van der Waals surface area contributed by atoms with E-state index in [-0.39, 0.29) is 23.8 Å². The summed E-state index contributed by atoms with van der Waals surface area (Å²) in [4.78, 5) is 25.1. The molecule has 3 heterocycles. The maximum absolute atomic E-state index is 11.5. The number of pyridine rings is 1. The van der Waals surface area contributed by atoms with Crippen molar-refractivity contribution in [1.29, 1.82) is 5.26 Å². The lowest BCUT2D eigenvalue weighted by Crippen LogP contribution is -2.21. The van der Waals surface area contributed by atoms with Crippen molar-refractivity contribution in [2.45, 2.75) is 6.42 Å². The van der Waals surface area contributed by atoms with Gasteiger partial charge in [0.15, 0.2) is 11.5 Å². The quantitative estimate of drug-likeness (QED) is 0.466. The van der Waals surface area contributed by atoms with Crippen LogP contribution in [0.5, 0.6) is 0 Å². The number of nitrogens with zero attached hydrogens (tertiary/aromatic N) is 6. The van der Waals surface area contributed by atoms with Crippen LogP contribution in [0.3, 0.4) is 0 Å². The molecule has 4 rings (SSSR count). The molecule has 2 N–H and O–H groups in total. The number of hydrogen-bond donors (Lipinski definition) is 2. The molecule has 0 aliphatic rings. The Balaban J connectivity index is 1.86. The first-order valence-corrected chi connectivity index (χ1v) is 10.2. The SMILES string of the molecule is CNC(=O)CCNc1nc(-c2ccn(C)n2)c(-c2cc(Cl)c3ncccc3c2)nc1C#N. The summed E-state index contributed by atoms with van der Waals surface area (Å²) in [5.41, 5.74) is 3.04. The maximum atomic E-state index is 11.5. The number of rotatable bonds is 6. The molecule has 0 saturated carbocycles. The minimum absolute atomic E-state index is 0.110. The number of aryl methyl sites for hydroxylation is 1. The number of anilines is 1. The molecule has 0 unspecified atom stereocenters. The Morgan fingerprint density at radius 1 is 1.25 bits per heavy atom. The average molecular weight is 447 g/mol. The van der Waals surface area contributed by atoms with Crippen LogP contribution < -0.4 is 10.6 Å². The molecule has 0 fully saturated rings. The molecule has 0 saturated heterocycles. The first kappa shape index (κ1) is 21.2. The molecule has 160 valence electrons. The predicted octanol–water partition coefficient (Wildman–Crippen LogP) is 3.17. The molecule has 3 aromatic heterocycles. The van der Waals surface area contributed by atoms with E-state index in [9.17, 15) is 10.1 Å². The lowest BCUT2D eigenvalue weighted by Gasteiger charge is -2.13. The lowest BCUT2D eigenvalue weighted by molar-refractivity contribution is -0.120. The van der Waals surface area contributed by atoms with E-state index in [0.29, 0.717) is 39.7 Å². The Hall–Kier alpha value is -4.03. The molecular formula is C22H19ClN8O. The van der Waals surface area contributed by atoms with Crippen LogP contribution in [0.2, 0.25) is 5.02 Å². The molecule has 0 aliphatic carbocycles. The zero-order valence-electron chi connectivity index (χ0n) is 17.4. The van der Waals surface area contributed by atoms with Gasteiger partial charge in [-0.1, -0.05) is 17.7 Å². The van der Waals surface area contributed by atoms with E-state index < -0.39 is 0 Å². The van der Waals surface area contributed by atoms with Gasteiger partial charge in [-0.3, -0.25) is 14.5 Å². The maximum Gasteiger partial charge on any atom is 0.221 e. The summed E-state index contributed by atoms with van der Waals surface area (Å²) < 4.78 is 1.66. The van der Waals surface area contributed by atoms with Gasteiger partial charge in [0.25, 0.3) is 0 Å². The Morgan fingerprint density at radius 2 is 2.09 bits per heavy atom. The van der Waals surface area contributed by atoms with E-state index in [1.165, 1.54) is 0 Å². The summed E-state index contributed by atoms with van der Waals surface area (Å²) in [5, 5.41) is 21.1. The van der Waals surface area contributed by atoms with E-state index in [1.54, 1.807) is 37.2 Å². The van der Waals surface area contributed by atoms with Gasteiger partial charge < -0.3 is 10.6 Å². The second-order valence-corrected chi connectivity index (χ2v) is 7.39. The third kappa shape index (κ3) is 4.22. The highest BCUT2D eigenvalue weighted by Gasteiger charge is 2.20. The first-order valence-electron chi connectivity index (χ1n) is 9.81. The fourth-order valence-corrected chi connectivity index (χ4v) is 3.54. The Bertz CT molecular complexity index is 1360. The van der Waals surface area contributed by atoms with E-state index in [4.69, 9.17) is 11.6 Å². The van der Waals surface area contributed by atoms with Gasteiger partial charge in [-0.05, 0) is 24.3 Å². The van der Waals surface area contributed by atoms with E-state index in [0.717, 1.165) is 5.39 Å². The fraction of sp³-hybridized carbons (Fsp3) is 0.182. The van der Waals surface area contributed by atoms with Crippen LogP contribution in [-0.2, 0) is 11.8 Å². The monoisotopic (exact) mass is 446 g/mol. The lowest BCUT2D eigenvalue weighted by atomic mass is 10.0. The van der Waals surface area contributed by atoms with Gasteiger partial charge in [-0.15, -0.1) is 0 Å². The smallest absolute Gasteiger partial charge is 0.221 e. The molecule has 0 atom stereocenters. The second-order valence-electron chi connectivity index (χ2n) is 6.99. The Kier molecular flexibility index (Phi) is 5.96. The van der Waals surface area contributed by atoms with E-state index in [1.807, 2.05) is 24.3 Å². The van der Waals surface area contributed by atoms with Crippen molar-refractivity contribution in [3.63, 3.8) is 0 Å². The topological polar surface area (TPSA) is 121 Å². The molecule has 1 amide bonds. The Labute approximate surface area is 189 Å². The normalized spacial score (nSPS) is 10.7. The van der Waals surface area contributed by atoms with Crippen LogP contribution in [0.25, 0.3) is 33.5 Å². The van der Waals surface area contributed by atoms with Crippen LogP contribution in [0.15, 0.2) is 42.7 Å².